The molecule has 2 fully saturated rings. The highest BCUT2D eigenvalue weighted by atomic mass is 19.1. The lowest BCUT2D eigenvalue weighted by atomic mass is 10.1. The first kappa shape index (κ1) is 18.7. The highest BCUT2D eigenvalue weighted by Crippen LogP contribution is 2.40. The molecular formula is C19H18F2N6O3. The van der Waals surface area contributed by atoms with Crippen LogP contribution in [0, 0.1) is 11.6 Å². The number of carboxylic acids is 1. The molecule has 2 atom stereocenters. The lowest BCUT2D eigenvalue weighted by molar-refractivity contribution is 0.0694. The largest absolute Gasteiger partial charge is 0.477 e. The minimum atomic E-state index is -1.43. The van der Waals surface area contributed by atoms with Gasteiger partial charge in [0.25, 0.3) is 0 Å². The minimum Gasteiger partial charge on any atom is -0.477 e. The van der Waals surface area contributed by atoms with Crippen LogP contribution in [0.25, 0.3) is 10.9 Å². The van der Waals surface area contributed by atoms with Crippen molar-refractivity contribution in [1.82, 2.24) is 19.6 Å². The summed E-state index contributed by atoms with van der Waals surface area (Å²) in [6.07, 6.45) is 5.75. The molecule has 1 aliphatic heterocycles. The van der Waals surface area contributed by atoms with E-state index in [0.29, 0.717) is 0 Å². The van der Waals surface area contributed by atoms with Gasteiger partial charge in [0.2, 0.25) is 5.43 Å². The quantitative estimate of drug-likeness (QED) is 0.658. The minimum absolute atomic E-state index is 0.0818. The van der Waals surface area contributed by atoms with E-state index >= 15 is 8.78 Å². The summed E-state index contributed by atoms with van der Waals surface area (Å²) in [5.41, 5.74) is 4.41. The van der Waals surface area contributed by atoms with Gasteiger partial charge in [0.05, 0.1) is 23.1 Å². The smallest absolute Gasteiger partial charge is 0.341 e. The zero-order valence-corrected chi connectivity index (χ0v) is 15.7. The summed E-state index contributed by atoms with van der Waals surface area (Å²) in [4.78, 5) is 25.5. The van der Waals surface area contributed by atoms with Crippen molar-refractivity contribution in [2.45, 2.75) is 31.0 Å². The van der Waals surface area contributed by atoms with Crippen molar-refractivity contribution in [2.75, 3.05) is 18.0 Å². The predicted molar refractivity (Wildman–Crippen MR) is 103 cm³/mol. The van der Waals surface area contributed by atoms with E-state index in [2.05, 4.69) is 10.3 Å². The van der Waals surface area contributed by atoms with Crippen LogP contribution < -0.4 is 16.1 Å². The summed E-state index contributed by atoms with van der Waals surface area (Å²) in [7, 11) is 0. The van der Waals surface area contributed by atoms with E-state index in [1.165, 1.54) is 15.7 Å². The first-order valence-electron chi connectivity index (χ1n) is 9.53. The van der Waals surface area contributed by atoms with Crippen LogP contribution in [0.4, 0.5) is 14.5 Å². The molecule has 1 saturated carbocycles. The molecule has 1 saturated heterocycles. The number of hydrogen-bond acceptors (Lipinski definition) is 6. The molecular weight excluding hydrogens is 398 g/mol. The van der Waals surface area contributed by atoms with Gasteiger partial charge in [-0.05, 0) is 18.9 Å². The van der Waals surface area contributed by atoms with Gasteiger partial charge in [-0.15, -0.1) is 5.10 Å². The third kappa shape index (κ3) is 2.76. The zero-order chi connectivity index (χ0) is 21.2. The lowest BCUT2D eigenvalue weighted by Crippen LogP contribution is -2.31. The molecule has 30 heavy (non-hydrogen) atoms. The number of hydrogen-bond donors (Lipinski definition) is 2. The van der Waals surface area contributed by atoms with Crippen LogP contribution in [0.15, 0.2) is 29.5 Å². The van der Waals surface area contributed by atoms with E-state index < -0.39 is 34.6 Å². The Labute approximate surface area is 168 Å². The fraction of sp³-hybridized carbons (Fsp3) is 0.368. The molecule has 5 rings (SSSR count). The van der Waals surface area contributed by atoms with Crippen molar-refractivity contribution in [3.8, 4) is 0 Å². The van der Waals surface area contributed by atoms with Gasteiger partial charge < -0.3 is 20.3 Å². The summed E-state index contributed by atoms with van der Waals surface area (Å²) < 4.78 is 33.7. The standard InChI is InChI=1S/C19H18F2N6O3/c20-12-5-10-16(26(9-1-2-9)6-11(18(10)28)19(29)30)15(21)17(12)25-7-13(22)14(8-25)27-4-3-23-24-27/h3-6,9,13-14H,1-2,7-8,22H2,(H,29,30)/t13-,14+/m0/s1. The SMILES string of the molecule is N[C@H]1CN(c2c(F)cc3c(=O)c(C(=O)O)cn(C4CC4)c3c2F)C[C@H]1n1ccnn1. The molecule has 2 aromatic heterocycles. The summed E-state index contributed by atoms with van der Waals surface area (Å²) in [6.45, 7) is 0.398. The number of aromatic nitrogens is 4. The number of nitrogens with two attached hydrogens (primary N) is 1. The zero-order valence-electron chi connectivity index (χ0n) is 15.7. The van der Waals surface area contributed by atoms with Crippen molar-refractivity contribution in [1.29, 1.82) is 0 Å². The van der Waals surface area contributed by atoms with Gasteiger partial charge in [-0.25, -0.2) is 18.3 Å². The van der Waals surface area contributed by atoms with E-state index in [9.17, 15) is 14.7 Å². The van der Waals surface area contributed by atoms with Gasteiger partial charge in [-0.2, -0.15) is 0 Å². The van der Waals surface area contributed by atoms with Crippen LogP contribution >= 0.6 is 0 Å². The van der Waals surface area contributed by atoms with E-state index in [-0.39, 0.29) is 41.8 Å². The van der Waals surface area contributed by atoms with Gasteiger partial charge in [0, 0.05) is 37.6 Å². The number of pyridine rings is 1. The second-order valence-corrected chi connectivity index (χ2v) is 7.75. The van der Waals surface area contributed by atoms with Crippen LogP contribution in [0.3, 0.4) is 0 Å². The average molecular weight is 416 g/mol. The second-order valence-electron chi connectivity index (χ2n) is 7.75. The molecule has 156 valence electrons. The number of nitrogens with zero attached hydrogens (tertiary/aromatic N) is 5. The molecule has 11 heteroatoms. The maximum Gasteiger partial charge on any atom is 0.341 e. The van der Waals surface area contributed by atoms with E-state index in [1.807, 2.05) is 0 Å². The average Bonchev–Trinajstić information content (AvgIpc) is 3.25. The normalized spacial score (nSPS) is 21.5. The van der Waals surface area contributed by atoms with E-state index in [1.54, 1.807) is 10.9 Å². The number of rotatable bonds is 4. The molecule has 3 N–H and O–H groups in total. The van der Waals surface area contributed by atoms with Crippen LogP contribution in [0.5, 0.6) is 0 Å². The monoisotopic (exact) mass is 416 g/mol. The van der Waals surface area contributed by atoms with E-state index in [4.69, 9.17) is 5.73 Å². The second kappa shape index (κ2) is 6.59. The Morgan fingerprint density at radius 2 is 2.03 bits per heavy atom. The van der Waals surface area contributed by atoms with Gasteiger partial charge in [-0.3, -0.25) is 4.79 Å². The molecule has 0 bridgehead atoms. The predicted octanol–water partition coefficient (Wildman–Crippen LogP) is 1.29. The Morgan fingerprint density at radius 1 is 1.27 bits per heavy atom. The van der Waals surface area contributed by atoms with Crippen molar-refractivity contribution >= 4 is 22.6 Å². The third-order valence-electron chi connectivity index (χ3n) is 5.78. The Morgan fingerprint density at radius 3 is 2.67 bits per heavy atom. The van der Waals surface area contributed by atoms with Crippen LogP contribution in [-0.4, -0.2) is 49.8 Å². The Bertz CT molecular complexity index is 1220. The highest BCUT2D eigenvalue weighted by molar-refractivity contribution is 5.94. The summed E-state index contributed by atoms with van der Waals surface area (Å²) in [5, 5.41) is 16.7. The summed E-state index contributed by atoms with van der Waals surface area (Å²) in [6, 6.07) is 0.0568. The van der Waals surface area contributed by atoms with Crippen molar-refractivity contribution in [3.05, 3.63) is 52.1 Å². The highest BCUT2D eigenvalue weighted by Gasteiger charge is 2.36. The molecule has 0 amide bonds. The van der Waals surface area contributed by atoms with Gasteiger partial charge >= 0.3 is 5.97 Å². The fourth-order valence-electron chi connectivity index (χ4n) is 4.18. The number of carboxylic acid groups (broad SMARTS) is 1. The Kier molecular flexibility index (Phi) is 4.10. The molecule has 3 aromatic rings. The van der Waals surface area contributed by atoms with Crippen molar-refractivity contribution in [2.24, 2.45) is 5.73 Å². The number of halogens is 2. The first-order chi connectivity index (χ1) is 14.4. The molecule has 3 heterocycles. The number of carbonyl (C=O) groups is 1. The summed E-state index contributed by atoms with van der Waals surface area (Å²) >= 11 is 0. The van der Waals surface area contributed by atoms with E-state index in [0.717, 1.165) is 25.1 Å². The molecule has 9 nitrogen and oxygen atoms in total. The van der Waals surface area contributed by atoms with Crippen molar-refractivity contribution < 1.29 is 18.7 Å². The Balaban J connectivity index is 1.67. The number of aromatic carboxylic acids is 1. The Hall–Kier alpha value is -3.34. The number of anilines is 1. The molecule has 2 aliphatic rings. The lowest BCUT2D eigenvalue weighted by Gasteiger charge is -2.22. The molecule has 0 spiro atoms. The molecule has 0 radical (unpaired) electrons. The van der Waals surface area contributed by atoms with Crippen LogP contribution in [0.2, 0.25) is 0 Å². The number of benzene rings is 1. The first-order valence-corrected chi connectivity index (χ1v) is 9.53. The topological polar surface area (TPSA) is 119 Å². The van der Waals surface area contributed by atoms with Crippen LogP contribution in [0.1, 0.15) is 35.3 Å². The van der Waals surface area contributed by atoms with Crippen LogP contribution in [-0.2, 0) is 0 Å². The molecule has 0 unspecified atom stereocenters. The maximum atomic E-state index is 15.7. The molecule has 1 aliphatic carbocycles. The number of fused-ring (bicyclic) bond motifs is 1. The summed E-state index contributed by atoms with van der Waals surface area (Å²) in [5.74, 6) is -3.26. The van der Waals surface area contributed by atoms with Gasteiger partial charge in [0.1, 0.15) is 17.1 Å². The van der Waals surface area contributed by atoms with Gasteiger partial charge in [0.15, 0.2) is 5.82 Å². The maximum absolute atomic E-state index is 15.7. The van der Waals surface area contributed by atoms with Gasteiger partial charge in [-0.1, -0.05) is 5.21 Å². The van der Waals surface area contributed by atoms with Crippen molar-refractivity contribution in [3.63, 3.8) is 0 Å². The fourth-order valence-corrected chi connectivity index (χ4v) is 4.18. The third-order valence-corrected chi connectivity index (χ3v) is 5.78. The molecule has 1 aromatic carbocycles.